The van der Waals surface area contributed by atoms with Crippen LogP contribution in [-0.2, 0) is 4.79 Å². The van der Waals surface area contributed by atoms with Crippen molar-refractivity contribution in [3.05, 3.63) is 0 Å². The first kappa shape index (κ1) is 9.48. The summed E-state index contributed by atoms with van der Waals surface area (Å²) >= 11 is 0. The molecule has 0 amide bonds. The van der Waals surface area contributed by atoms with Crippen LogP contribution in [0.5, 0.6) is 0 Å². The van der Waals surface area contributed by atoms with Crippen LogP contribution in [0.1, 0.15) is 19.8 Å². The van der Waals surface area contributed by atoms with Crippen molar-refractivity contribution in [2.45, 2.75) is 31.9 Å². The molecule has 0 aromatic carbocycles. The van der Waals surface area contributed by atoms with Gasteiger partial charge in [0.15, 0.2) is 0 Å². The highest BCUT2D eigenvalue weighted by atomic mass is 16.4. The number of likely N-dealkylation sites (tertiary alicyclic amines) is 1. The molecule has 1 saturated heterocycles. The van der Waals surface area contributed by atoms with Crippen LogP contribution in [0, 0.1) is 0 Å². The number of β-amino-alcohol motifs (C(OH)–C–C–N with tert-alkyl or cyclic N) is 1. The molecule has 1 rings (SSSR count). The molecule has 1 aliphatic rings. The highest BCUT2D eigenvalue weighted by Gasteiger charge is 2.34. The van der Waals surface area contributed by atoms with E-state index in [4.69, 9.17) is 5.11 Å². The molecule has 0 spiro atoms. The third kappa shape index (κ3) is 1.95. The first-order valence-electron chi connectivity index (χ1n) is 4.30. The number of hydrogen-bond donors (Lipinski definition) is 2. The van der Waals surface area contributed by atoms with Crippen LogP contribution >= 0.6 is 0 Å². The zero-order valence-electron chi connectivity index (χ0n) is 7.23. The Balaban J connectivity index is 2.53. The molecular weight excluding hydrogens is 158 g/mol. The minimum atomic E-state index is -0.819. The summed E-state index contributed by atoms with van der Waals surface area (Å²) in [6, 6.07) is -0.472. The first-order chi connectivity index (χ1) is 5.65. The van der Waals surface area contributed by atoms with Crippen molar-refractivity contribution in [1.29, 1.82) is 0 Å². The van der Waals surface area contributed by atoms with Gasteiger partial charge in [0.05, 0.1) is 6.10 Å². The number of aliphatic hydroxyl groups excluding tert-OH is 1. The molecule has 4 nitrogen and oxygen atoms in total. The van der Waals surface area contributed by atoms with Gasteiger partial charge >= 0.3 is 5.97 Å². The van der Waals surface area contributed by atoms with E-state index in [0.717, 1.165) is 13.0 Å². The third-order valence-corrected chi connectivity index (χ3v) is 2.18. The summed E-state index contributed by atoms with van der Waals surface area (Å²) in [5.74, 6) is -0.819. The molecule has 70 valence electrons. The number of aliphatic carboxylic acids is 1. The Kier molecular flexibility index (Phi) is 3.05. The maximum atomic E-state index is 10.7. The molecular formula is C8H15NO3. The van der Waals surface area contributed by atoms with E-state index in [1.807, 2.05) is 11.8 Å². The summed E-state index contributed by atoms with van der Waals surface area (Å²) in [6.07, 6.45) is 0.837. The van der Waals surface area contributed by atoms with Crippen LogP contribution in [0.4, 0.5) is 0 Å². The average molecular weight is 173 g/mol. The summed E-state index contributed by atoms with van der Waals surface area (Å²) < 4.78 is 0. The molecule has 0 radical (unpaired) electrons. The molecule has 1 fully saturated rings. The molecule has 1 aliphatic heterocycles. The maximum absolute atomic E-state index is 10.7. The van der Waals surface area contributed by atoms with Gasteiger partial charge in [0.25, 0.3) is 0 Å². The van der Waals surface area contributed by atoms with Crippen molar-refractivity contribution < 1.29 is 15.0 Å². The first-order valence-corrected chi connectivity index (χ1v) is 4.30. The van der Waals surface area contributed by atoms with Crippen molar-refractivity contribution in [1.82, 2.24) is 4.90 Å². The van der Waals surface area contributed by atoms with E-state index in [9.17, 15) is 9.90 Å². The number of rotatable bonds is 3. The molecule has 0 bridgehead atoms. The van der Waals surface area contributed by atoms with Gasteiger partial charge in [-0.15, -0.1) is 0 Å². The predicted octanol–water partition coefficient (Wildman–Crippen LogP) is -0.0838. The molecule has 4 heteroatoms. The molecule has 2 N–H and O–H groups in total. The van der Waals surface area contributed by atoms with Crippen molar-refractivity contribution in [2.75, 3.05) is 13.1 Å². The van der Waals surface area contributed by atoms with E-state index in [-0.39, 0.29) is 0 Å². The Morgan fingerprint density at radius 2 is 2.33 bits per heavy atom. The van der Waals surface area contributed by atoms with Crippen molar-refractivity contribution in [3.8, 4) is 0 Å². The number of carbonyl (C=O) groups is 1. The number of carboxylic acids is 1. The van der Waals surface area contributed by atoms with Gasteiger partial charge in [-0.05, 0) is 13.0 Å². The Labute approximate surface area is 71.8 Å². The fraction of sp³-hybridized carbons (Fsp3) is 0.875. The number of aliphatic hydroxyl groups is 1. The maximum Gasteiger partial charge on any atom is 0.321 e. The number of nitrogens with zero attached hydrogens (tertiary/aromatic N) is 1. The van der Waals surface area contributed by atoms with Crippen LogP contribution in [0.25, 0.3) is 0 Å². The van der Waals surface area contributed by atoms with Gasteiger partial charge in [0.1, 0.15) is 6.04 Å². The third-order valence-electron chi connectivity index (χ3n) is 2.18. The molecule has 0 aromatic heterocycles. The van der Waals surface area contributed by atoms with Gasteiger partial charge in [-0.2, -0.15) is 0 Å². The van der Waals surface area contributed by atoms with Crippen LogP contribution in [0.15, 0.2) is 0 Å². The minimum Gasteiger partial charge on any atom is -0.480 e. The smallest absolute Gasteiger partial charge is 0.321 e. The monoisotopic (exact) mass is 173 g/mol. The van der Waals surface area contributed by atoms with Gasteiger partial charge in [-0.25, -0.2) is 0 Å². The fourth-order valence-electron chi connectivity index (χ4n) is 1.67. The lowest BCUT2D eigenvalue weighted by molar-refractivity contribution is -0.142. The van der Waals surface area contributed by atoms with E-state index < -0.39 is 18.1 Å². The Hall–Kier alpha value is -0.610. The van der Waals surface area contributed by atoms with Crippen LogP contribution in [0.3, 0.4) is 0 Å². The molecule has 0 unspecified atom stereocenters. The Morgan fingerprint density at radius 3 is 2.83 bits per heavy atom. The van der Waals surface area contributed by atoms with E-state index in [0.29, 0.717) is 13.0 Å². The van der Waals surface area contributed by atoms with Crippen LogP contribution < -0.4 is 0 Å². The van der Waals surface area contributed by atoms with Gasteiger partial charge < -0.3 is 10.2 Å². The quantitative estimate of drug-likeness (QED) is 0.626. The minimum absolute atomic E-state index is 0.370. The lowest BCUT2D eigenvalue weighted by Gasteiger charge is -2.19. The van der Waals surface area contributed by atoms with Gasteiger partial charge in [0.2, 0.25) is 0 Å². The summed E-state index contributed by atoms with van der Waals surface area (Å²) in [6.45, 7) is 3.27. The van der Waals surface area contributed by atoms with Crippen LogP contribution in [-0.4, -0.2) is 46.3 Å². The summed E-state index contributed by atoms with van der Waals surface area (Å²) in [4.78, 5) is 12.5. The highest BCUT2D eigenvalue weighted by molar-refractivity contribution is 5.74. The standard InChI is InChI=1S/C8H15NO3/c1-2-3-9-5-6(10)4-7(9)8(11)12/h6-7,10H,2-5H2,1H3,(H,11,12)/t6-,7-/m0/s1. The van der Waals surface area contributed by atoms with Crippen LogP contribution in [0.2, 0.25) is 0 Å². The largest absolute Gasteiger partial charge is 0.480 e. The van der Waals surface area contributed by atoms with E-state index in [1.165, 1.54) is 0 Å². The SMILES string of the molecule is CCCN1C[C@@H](O)C[C@H]1C(=O)O. The predicted molar refractivity (Wildman–Crippen MR) is 43.9 cm³/mol. The molecule has 2 atom stereocenters. The second-order valence-electron chi connectivity index (χ2n) is 3.24. The molecule has 0 saturated carbocycles. The molecule has 0 aromatic rings. The fourth-order valence-corrected chi connectivity index (χ4v) is 1.67. The number of hydrogen-bond acceptors (Lipinski definition) is 3. The molecule has 0 aliphatic carbocycles. The van der Waals surface area contributed by atoms with Crippen molar-refractivity contribution >= 4 is 5.97 Å². The topological polar surface area (TPSA) is 60.8 Å². The normalized spacial score (nSPS) is 30.8. The lowest BCUT2D eigenvalue weighted by atomic mass is 10.2. The Bertz CT molecular complexity index is 172. The van der Waals surface area contributed by atoms with Gasteiger partial charge in [-0.3, -0.25) is 9.69 Å². The highest BCUT2D eigenvalue weighted by Crippen LogP contribution is 2.17. The Morgan fingerprint density at radius 1 is 1.67 bits per heavy atom. The summed E-state index contributed by atoms with van der Waals surface area (Å²) in [5, 5.41) is 18.0. The number of carboxylic acid groups (broad SMARTS) is 1. The second-order valence-corrected chi connectivity index (χ2v) is 3.24. The zero-order chi connectivity index (χ0) is 9.14. The summed E-state index contributed by atoms with van der Waals surface area (Å²) in [7, 11) is 0. The van der Waals surface area contributed by atoms with E-state index in [1.54, 1.807) is 0 Å². The van der Waals surface area contributed by atoms with Gasteiger partial charge in [0, 0.05) is 13.0 Å². The molecule has 1 heterocycles. The lowest BCUT2D eigenvalue weighted by Crippen LogP contribution is -2.36. The molecule has 12 heavy (non-hydrogen) atoms. The summed E-state index contributed by atoms with van der Waals surface area (Å²) in [5.41, 5.74) is 0. The zero-order valence-corrected chi connectivity index (χ0v) is 7.23. The average Bonchev–Trinajstić information content (AvgIpc) is 2.32. The van der Waals surface area contributed by atoms with Crippen molar-refractivity contribution in [2.24, 2.45) is 0 Å². The second kappa shape index (κ2) is 3.87. The van der Waals surface area contributed by atoms with E-state index >= 15 is 0 Å². The van der Waals surface area contributed by atoms with Gasteiger partial charge in [-0.1, -0.05) is 6.92 Å². The van der Waals surface area contributed by atoms with Crippen molar-refractivity contribution in [3.63, 3.8) is 0 Å². The van der Waals surface area contributed by atoms with E-state index in [2.05, 4.69) is 0 Å².